The van der Waals surface area contributed by atoms with E-state index in [1.54, 1.807) is 13.8 Å². The minimum atomic E-state index is -3.76. The summed E-state index contributed by atoms with van der Waals surface area (Å²) in [6.45, 7) is 3.17. The number of aromatic nitrogens is 1. The van der Waals surface area contributed by atoms with E-state index in [-0.39, 0.29) is 15.6 Å². The molecule has 112 valence electrons. The van der Waals surface area contributed by atoms with Gasteiger partial charge >= 0.3 is 0 Å². The average molecular weight is 317 g/mol. The Balaban J connectivity index is 2.38. The van der Waals surface area contributed by atoms with Crippen molar-refractivity contribution in [3.8, 4) is 0 Å². The molecule has 0 aliphatic heterocycles. The third-order valence-corrected chi connectivity index (χ3v) is 5.92. The highest BCUT2D eigenvalue weighted by atomic mass is 32.2. The molecular weight excluding hydrogens is 298 g/mol. The zero-order valence-electron chi connectivity index (χ0n) is 11.6. The highest BCUT2D eigenvalue weighted by molar-refractivity contribution is 7.89. The molecule has 0 radical (unpaired) electrons. The number of nitrogens with zero attached hydrogens (tertiary/aromatic N) is 1. The van der Waals surface area contributed by atoms with Crippen LogP contribution in [0.3, 0.4) is 0 Å². The zero-order chi connectivity index (χ0) is 15.0. The molecule has 3 N–H and O–H groups in total. The number of thiocarbonyl (C=S) groups is 1. The van der Waals surface area contributed by atoms with Gasteiger partial charge in [0.25, 0.3) is 0 Å². The van der Waals surface area contributed by atoms with Crippen LogP contribution in [-0.4, -0.2) is 24.1 Å². The molecule has 1 saturated carbocycles. The maximum atomic E-state index is 12.6. The molecule has 1 aromatic rings. The Morgan fingerprint density at radius 1 is 1.35 bits per heavy atom. The molecular formula is C12H19N3O3S2. The number of hydrogen-bond donors (Lipinski definition) is 2. The first-order valence-corrected chi connectivity index (χ1v) is 8.44. The SMILES string of the molecule is Cc1noc(C)c1S(=O)(=O)NC1(C(N)=S)CCCCC1. The molecule has 1 aliphatic rings. The molecule has 0 unspecified atom stereocenters. The third-order valence-electron chi connectivity index (χ3n) is 3.75. The molecule has 0 saturated heterocycles. The van der Waals surface area contributed by atoms with Gasteiger partial charge in [0.05, 0.1) is 10.5 Å². The molecule has 6 nitrogen and oxygen atoms in total. The van der Waals surface area contributed by atoms with E-state index in [0.29, 0.717) is 18.5 Å². The second-order valence-corrected chi connectivity index (χ2v) is 7.32. The van der Waals surface area contributed by atoms with Crippen LogP contribution in [0.4, 0.5) is 0 Å². The van der Waals surface area contributed by atoms with E-state index in [9.17, 15) is 8.42 Å². The summed E-state index contributed by atoms with van der Waals surface area (Å²) >= 11 is 5.10. The summed E-state index contributed by atoms with van der Waals surface area (Å²) in [6.07, 6.45) is 4.14. The third kappa shape index (κ3) is 2.72. The van der Waals surface area contributed by atoms with Crippen LogP contribution >= 0.6 is 12.2 Å². The fourth-order valence-corrected chi connectivity index (χ4v) is 4.81. The molecule has 0 spiro atoms. The lowest BCUT2D eigenvalue weighted by Crippen LogP contribution is -2.57. The summed E-state index contributed by atoms with van der Waals surface area (Å²) in [5, 5.41) is 3.68. The quantitative estimate of drug-likeness (QED) is 0.818. The number of nitrogens with two attached hydrogens (primary N) is 1. The predicted molar refractivity (Wildman–Crippen MR) is 78.9 cm³/mol. The van der Waals surface area contributed by atoms with Gasteiger partial charge in [0.15, 0.2) is 5.76 Å². The summed E-state index contributed by atoms with van der Waals surface area (Å²) in [5.74, 6) is 0.267. The minimum Gasteiger partial charge on any atom is -0.392 e. The summed E-state index contributed by atoms with van der Waals surface area (Å²) in [5.41, 5.74) is 5.31. The Hall–Kier alpha value is -0.990. The van der Waals surface area contributed by atoms with Crippen LogP contribution in [-0.2, 0) is 10.0 Å². The predicted octanol–water partition coefficient (Wildman–Crippen LogP) is 1.56. The van der Waals surface area contributed by atoms with E-state index in [1.165, 1.54) is 0 Å². The van der Waals surface area contributed by atoms with E-state index in [2.05, 4.69) is 9.88 Å². The monoisotopic (exact) mass is 317 g/mol. The lowest BCUT2D eigenvalue weighted by molar-refractivity contribution is 0.352. The standard InChI is InChI=1S/C12H19N3O3S2/c1-8-10(9(2)18-14-8)20(16,17)15-12(11(13)19)6-4-3-5-7-12/h15H,3-7H2,1-2H3,(H2,13,19). The number of hydrogen-bond acceptors (Lipinski definition) is 5. The van der Waals surface area contributed by atoms with Crippen molar-refractivity contribution in [3.63, 3.8) is 0 Å². The van der Waals surface area contributed by atoms with E-state index in [0.717, 1.165) is 19.3 Å². The van der Waals surface area contributed by atoms with Gasteiger partial charge in [-0.15, -0.1) is 0 Å². The first-order valence-electron chi connectivity index (χ1n) is 6.55. The van der Waals surface area contributed by atoms with Crippen LogP contribution in [0.15, 0.2) is 9.42 Å². The molecule has 0 amide bonds. The summed E-state index contributed by atoms with van der Waals surface area (Å²) in [7, 11) is -3.76. The van der Waals surface area contributed by atoms with Gasteiger partial charge < -0.3 is 10.3 Å². The molecule has 0 bridgehead atoms. The number of nitrogens with one attached hydrogen (secondary N) is 1. The molecule has 0 aromatic carbocycles. The van der Waals surface area contributed by atoms with Gasteiger partial charge in [-0.2, -0.15) is 4.72 Å². The summed E-state index contributed by atoms with van der Waals surface area (Å²) in [6, 6.07) is 0. The van der Waals surface area contributed by atoms with Gasteiger partial charge in [-0.1, -0.05) is 36.6 Å². The molecule has 20 heavy (non-hydrogen) atoms. The van der Waals surface area contributed by atoms with Crippen molar-refractivity contribution in [3.05, 3.63) is 11.5 Å². The van der Waals surface area contributed by atoms with E-state index in [4.69, 9.17) is 22.5 Å². The Morgan fingerprint density at radius 3 is 2.40 bits per heavy atom. The Morgan fingerprint density at radius 2 is 1.95 bits per heavy atom. The number of rotatable bonds is 4. The van der Waals surface area contributed by atoms with Crippen LogP contribution in [0.1, 0.15) is 43.6 Å². The summed E-state index contributed by atoms with van der Waals surface area (Å²) in [4.78, 5) is 0.284. The maximum absolute atomic E-state index is 12.6. The highest BCUT2D eigenvalue weighted by Crippen LogP contribution is 2.31. The van der Waals surface area contributed by atoms with Gasteiger partial charge in [-0.05, 0) is 26.7 Å². The van der Waals surface area contributed by atoms with Gasteiger partial charge in [0.1, 0.15) is 10.6 Å². The number of sulfonamides is 1. The van der Waals surface area contributed by atoms with Crippen molar-refractivity contribution in [2.24, 2.45) is 5.73 Å². The molecule has 1 aromatic heterocycles. The largest absolute Gasteiger partial charge is 0.392 e. The fraction of sp³-hybridized carbons (Fsp3) is 0.667. The van der Waals surface area contributed by atoms with E-state index >= 15 is 0 Å². The molecule has 2 rings (SSSR count). The molecule has 8 heteroatoms. The minimum absolute atomic E-state index is 0.0821. The van der Waals surface area contributed by atoms with Gasteiger partial charge in [-0.25, -0.2) is 8.42 Å². The molecule has 1 heterocycles. The zero-order valence-corrected chi connectivity index (χ0v) is 13.2. The lowest BCUT2D eigenvalue weighted by Gasteiger charge is -2.36. The Kier molecular flexibility index (Phi) is 4.17. The number of aryl methyl sites for hydroxylation is 2. The first-order chi connectivity index (χ1) is 9.28. The summed E-state index contributed by atoms with van der Waals surface area (Å²) < 4.78 is 32.8. The molecule has 1 fully saturated rings. The van der Waals surface area contributed by atoms with Gasteiger partial charge in [0, 0.05) is 0 Å². The Bertz CT molecular complexity index is 596. The topological polar surface area (TPSA) is 98.2 Å². The van der Waals surface area contributed by atoms with Crippen LogP contribution in [0.5, 0.6) is 0 Å². The van der Waals surface area contributed by atoms with E-state index < -0.39 is 15.6 Å². The highest BCUT2D eigenvalue weighted by Gasteiger charge is 2.40. The van der Waals surface area contributed by atoms with Gasteiger partial charge in [0.2, 0.25) is 10.0 Å². The van der Waals surface area contributed by atoms with Crippen LogP contribution < -0.4 is 10.5 Å². The van der Waals surface area contributed by atoms with E-state index in [1.807, 2.05) is 0 Å². The van der Waals surface area contributed by atoms with Gasteiger partial charge in [-0.3, -0.25) is 0 Å². The molecule has 1 aliphatic carbocycles. The molecule has 0 atom stereocenters. The second-order valence-electron chi connectivity index (χ2n) is 5.27. The van der Waals surface area contributed by atoms with Crippen LogP contribution in [0.2, 0.25) is 0 Å². The van der Waals surface area contributed by atoms with Crippen molar-refractivity contribution in [2.75, 3.05) is 0 Å². The van der Waals surface area contributed by atoms with Crippen molar-refractivity contribution in [2.45, 2.75) is 56.4 Å². The van der Waals surface area contributed by atoms with Crippen molar-refractivity contribution in [1.82, 2.24) is 9.88 Å². The second kappa shape index (κ2) is 5.42. The fourth-order valence-electron chi connectivity index (χ4n) is 2.72. The first kappa shape index (κ1) is 15.4. The lowest BCUT2D eigenvalue weighted by atomic mass is 9.82. The van der Waals surface area contributed by atoms with Crippen molar-refractivity contribution in [1.29, 1.82) is 0 Å². The van der Waals surface area contributed by atoms with Crippen LogP contribution in [0, 0.1) is 13.8 Å². The maximum Gasteiger partial charge on any atom is 0.246 e. The van der Waals surface area contributed by atoms with Crippen molar-refractivity contribution >= 4 is 27.2 Å². The smallest absolute Gasteiger partial charge is 0.246 e. The Labute approximate surface area is 124 Å². The van der Waals surface area contributed by atoms with Crippen LogP contribution in [0.25, 0.3) is 0 Å². The average Bonchev–Trinajstić information content (AvgIpc) is 2.70. The normalized spacial score (nSPS) is 18.9. The van der Waals surface area contributed by atoms with Crippen molar-refractivity contribution < 1.29 is 12.9 Å².